The summed E-state index contributed by atoms with van der Waals surface area (Å²) in [5, 5.41) is 3.16. The number of rotatable bonds is 0. The number of hydrogen-bond donors (Lipinski definition) is 1. The van der Waals surface area contributed by atoms with Crippen molar-refractivity contribution >= 4 is 17.4 Å². The zero-order valence-corrected chi connectivity index (χ0v) is 12.4. The van der Waals surface area contributed by atoms with E-state index in [0.29, 0.717) is 28.1 Å². The Balaban J connectivity index is 1.87. The van der Waals surface area contributed by atoms with Gasteiger partial charge in [0.15, 0.2) is 5.78 Å². The Morgan fingerprint density at radius 1 is 1.00 bits per heavy atom. The van der Waals surface area contributed by atoms with E-state index in [1.807, 2.05) is 12.1 Å². The molecule has 5 nitrogen and oxygen atoms in total. The van der Waals surface area contributed by atoms with E-state index in [0.717, 1.165) is 0 Å². The molecule has 0 saturated heterocycles. The van der Waals surface area contributed by atoms with Crippen molar-refractivity contribution in [3.63, 3.8) is 0 Å². The molecule has 2 heterocycles. The summed E-state index contributed by atoms with van der Waals surface area (Å²) in [6.07, 6.45) is 0.919. The quantitative estimate of drug-likeness (QED) is 0.813. The zero-order valence-electron chi connectivity index (χ0n) is 12.4. The Morgan fingerprint density at radius 3 is 2.52 bits per heavy atom. The predicted octanol–water partition coefficient (Wildman–Crippen LogP) is 2.67. The van der Waals surface area contributed by atoms with Crippen LogP contribution in [0.3, 0.4) is 0 Å². The Kier molecular flexibility index (Phi) is 2.94. The number of nitrogens with one attached hydrogen (secondary N) is 1. The summed E-state index contributed by atoms with van der Waals surface area (Å²) in [5.74, 6) is 0.230. The summed E-state index contributed by atoms with van der Waals surface area (Å²) in [6.45, 7) is 0. The number of fused-ring (bicyclic) bond motifs is 3. The number of hydrogen-bond acceptors (Lipinski definition) is 4. The van der Waals surface area contributed by atoms with Crippen LogP contribution < -0.4 is 10.1 Å². The molecule has 0 fully saturated rings. The molecular weight excluding hydrogens is 292 g/mol. The third kappa shape index (κ3) is 2.09. The van der Waals surface area contributed by atoms with Gasteiger partial charge in [-0.15, -0.1) is 0 Å². The van der Waals surface area contributed by atoms with Gasteiger partial charge in [0, 0.05) is 18.9 Å². The van der Waals surface area contributed by atoms with Gasteiger partial charge < -0.3 is 15.0 Å². The molecule has 2 aromatic rings. The lowest BCUT2D eigenvalue weighted by Gasteiger charge is -2.32. The molecule has 114 valence electrons. The number of para-hydroxylation sites is 2. The zero-order chi connectivity index (χ0) is 16.0. The van der Waals surface area contributed by atoms with Crippen LogP contribution in [0.15, 0.2) is 60.3 Å². The second-order valence-corrected chi connectivity index (χ2v) is 5.51. The highest BCUT2D eigenvalue weighted by Crippen LogP contribution is 2.33. The largest absolute Gasteiger partial charge is 0.466 e. The molecule has 4 rings (SSSR count). The molecule has 5 heteroatoms. The summed E-state index contributed by atoms with van der Waals surface area (Å²) >= 11 is 0. The van der Waals surface area contributed by atoms with Gasteiger partial charge in [-0.05, 0) is 24.3 Å². The number of benzene rings is 2. The number of anilines is 1. The molecule has 2 aliphatic heterocycles. The maximum absolute atomic E-state index is 12.8. The highest BCUT2D eigenvalue weighted by molar-refractivity contribution is 6.13. The standard InChI is InChI=1S/C18H14N2O3/c1-20-10-13-16(21)12-7-3-5-9-15(12)23-17(13)19-14-8-4-2-6-11(14)18(20)22/h2-10,17,19H,1H3/b13-10-. The lowest BCUT2D eigenvalue weighted by molar-refractivity contribution is 0.0842. The highest BCUT2D eigenvalue weighted by Gasteiger charge is 2.34. The first-order chi connectivity index (χ1) is 11.1. The van der Waals surface area contributed by atoms with E-state index in [-0.39, 0.29) is 11.7 Å². The van der Waals surface area contributed by atoms with Gasteiger partial charge in [0.1, 0.15) is 5.75 Å². The summed E-state index contributed by atoms with van der Waals surface area (Å²) in [4.78, 5) is 26.7. The number of Topliss-reactive ketones (excluding diaryl/α,β-unsaturated/α-hetero) is 1. The van der Waals surface area contributed by atoms with Crippen molar-refractivity contribution < 1.29 is 14.3 Å². The molecule has 1 atom stereocenters. The Morgan fingerprint density at radius 2 is 1.70 bits per heavy atom. The maximum Gasteiger partial charge on any atom is 0.259 e. The topological polar surface area (TPSA) is 58.6 Å². The Bertz CT molecular complexity index is 857. The molecule has 0 spiro atoms. The Hall–Kier alpha value is -3.08. The van der Waals surface area contributed by atoms with E-state index in [9.17, 15) is 9.59 Å². The SMILES string of the molecule is CN1/C=C2/C(=O)c3ccccc3OC2Nc2ccccc2C1=O. The van der Waals surface area contributed by atoms with Gasteiger partial charge in [-0.25, -0.2) is 0 Å². The molecule has 1 unspecified atom stereocenters. The molecular formula is C18H14N2O3. The van der Waals surface area contributed by atoms with Gasteiger partial charge in [-0.1, -0.05) is 24.3 Å². The Labute approximate surface area is 133 Å². The van der Waals surface area contributed by atoms with Crippen LogP contribution in [0.4, 0.5) is 5.69 Å². The number of carbonyl (C=O) groups excluding carboxylic acids is 2. The van der Waals surface area contributed by atoms with Gasteiger partial charge >= 0.3 is 0 Å². The van der Waals surface area contributed by atoms with Crippen molar-refractivity contribution in [3.05, 3.63) is 71.4 Å². The first kappa shape index (κ1) is 13.6. The minimum atomic E-state index is -0.630. The minimum absolute atomic E-state index is 0.136. The van der Waals surface area contributed by atoms with Gasteiger partial charge in [-0.3, -0.25) is 9.59 Å². The average molecular weight is 306 g/mol. The van der Waals surface area contributed by atoms with Crippen LogP contribution in [0.1, 0.15) is 20.7 Å². The number of ketones is 1. The van der Waals surface area contributed by atoms with E-state index >= 15 is 0 Å². The van der Waals surface area contributed by atoms with E-state index < -0.39 is 6.23 Å². The third-order valence-electron chi connectivity index (χ3n) is 4.02. The number of amides is 1. The maximum atomic E-state index is 12.8. The van der Waals surface area contributed by atoms with Crippen molar-refractivity contribution in [2.45, 2.75) is 6.23 Å². The van der Waals surface area contributed by atoms with Crippen LogP contribution in [-0.4, -0.2) is 29.9 Å². The number of carbonyl (C=O) groups is 2. The van der Waals surface area contributed by atoms with Crippen LogP contribution in [-0.2, 0) is 0 Å². The van der Waals surface area contributed by atoms with Crippen molar-refractivity contribution in [2.24, 2.45) is 0 Å². The molecule has 2 aliphatic rings. The van der Waals surface area contributed by atoms with Gasteiger partial charge in [0.25, 0.3) is 5.91 Å². The third-order valence-corrected chi connectivity index (χ3v) is 4.02. The fraction of sp³-hybridized carbons (Fsp3) is 0.111. The van der Waals surface area contributed by atoms with E-state index in [1.54, 1.807) is 49.6 Å². The molecule has 0 aromatic heterocycles. The minimum Gasteiger partial charge on any atom is -0.466 e. The van der Waals surface area contributed by atoms with Crippen molar-refractivity contribution in [1.29, 1.82) is 0 Å². The lowest BCUT2D eigenvalue weighted by atomic mass is 9.97. The predicted molar refractivity (Wildman–Crippen MR) is 85.4 cm³/mol. The molecule has 1 amide bonds. The first-order valence-corrected chi connectivity index (χ1v) is 7.30. The average Bonchev–Trinajstić information content (AvgIpc) is 2.57. The monoisotopic (exact) mass is 306 g/mol. The summed E-state index contributed by atoms with van der Waals surface area (Å²) in [7, 11) is 1.64. The van der Waals surface area contributed by atoms with Crippen LogP contribution in [0.5, 0.6) is 5.75 Å². The van der Waals surface area contributed by atoms with Crippen molar-refractivity contribution in [3.8, 4) is 5.75 Å². The van der Waals surface area contributed by atoms with Crippen LogP contribution in [0.2, 0.25) is 0 Å². The molecule has 0 aliphatic carbocycles. The smallest absolute Gasteiger partial charge is 0.259 e. The fourth-order valence-electron chi connectivity index (χ4n) is 2.85. The van der Waals surface area contributed by atoms with Crippen LogP contribution >= 0.6 is 0 Å². The molecule has 23 heavy (non-hydrogen) atoms. The van der Waals surface area contributed by atoms with Crippen molar-refractivity contribution in [1.82, 2.24) is 4.90 Å². The lowest BCUT2D eigenvalue weighted by Crippen LogP contribution is -2.40. The normalized spacial score (nSPS) is 21.5. The van der Waals surface area contributed by atoms with E-state index in [1.165, 1.54) is 4.90 Å². The molecule has 0 saturated carbocycles. The summed E-state index contributed by atoms with van der Waals surface area (Å²) < 4.78 is 5.94. The van der Waals surface area contributed by atoms with Crippen LogP contribution in [0, 0.1) is 0 Å². The second kappa shape index (κ2) is 4.98. The fourth-order valence-corrected chi connectivity index (χ4v) is 2.85. The van der Waals surface area contributed by atoms with Gasteiger partial charge in [0.05, 0.1) is 16.7 Å². The summed E-state index contributed by atoms with van der Waals surface area (Å²) in [6, 6.07) is 14.3. The molecule has 1 N–H and O–H groups in total. The van der Waals surface area contributed by atoms with Gasteiger partial charge in [0.2, 0.25) is 6.23 Å². The number of nitrogens with zero attached hydrogens (tertiary/aromatic N) is 1. The number of ether oxygens (including phenoxy) is 1. The van der Waals surface area contributed by atoms with E-state index in [2.05, 4.69) is 5.32 Å². The molecule has 2 aromatic carbocycles. The van der Waals surface area contributed by atoms with E-state index in [4.69, 9.17) is 4.74 Å². The summed E-state index contributed by atoms with van der Waals surface area (Å²) in [5.41, 5.74) is 2.10. The molecule has 0 radical (unpaired) electrons. The van der Waals surface area contributed by atoms with Crippen molar-refractivity contribution in [2.75, 3.05) is 12.4 Å². The highest BCUT2D eigenvalue weighted by atomic mass is 16.5. The molecule has 0 bridgehead atoms. The second-order valence-electron chi connectivity index (χ2n) is 5.51. The first-order valence-electron chi connectivity index (χ1n) is 7.30. The van der Waals surface area contributed by atoms with Gasteiger partial charge in [-0.2, -0.15) is 0 Å². The van der Waals surface area contributed by atoms with Crippen LogP contribution in [0.25, 0.3) is 0 Å².